The molecule has 0 amide bonds. The molecule has 13 heavy (non-hydrogen) atoms. The second-order valence-electron chi connectivity index (χ2n) is 4.58. The maximum Gasteiger partial charge on any atom is 0.00113 e. The van der Waals surface area contributed by atoms with Gasteiger partial charge in [-0.15, -0.1) is 0 Å². The van der Waals surface area contributed by atoms with Crippen LogP contribution in [0.2, 0.25) is 0 Å². The van der Waals surface area contributed by atoms with Crippen LogP contribution in [0, 0.1) is 11.3 Å². The zero-order valence-electron chi connectivity index (χ0n) is 8.42. The van der Waals surface area contributed by atoms with E-state index in [4.69, 9.17) is 0 Å². The summed E-state index contributed by atoms with van der Waals surface area (Å²) >= 11 is 0. The smallest absolute Gasteiger partial charge is 0.00113 e. The molecule has 1 saturated heterocycles. The van der Waals surface area contributed by atoms with E-state index in [-0.39, 0.29) is 0 Å². The van der Waals surface area contributed by atoms with Crippen LogP contribution in [0.25, 0.3) is 0 Å². The largest absolute Gasteiger partial charge is 0.316 e. The Morgan fingerprint density at radius 3 is 3.08 bits per heavy atom. The fourth-order valence-electron chi connectivity index (χ4n) is 2.48. The van der Waals surface area contributed by atoms with E-state index in [0.29, 0.717) is 5.41 Å². The molecular weight excluding hydrogens is 158 g/mol. The van der Waals surface area contributed by atoms with Crippen LogP contribution in [0.15, 0.2) is 24.3 Å². The van der Waals surface area contributed by atoms with Crippen molar-refractivity contribution in [2.75, 3.05) is 13.1 Å². The quantitative estimate of drug-likeness (QED) is 0.649. The van der Waals surface area contributed by atoms with Gasteiger partial charge in [0.2, 0.25) is 0 Å². The van der Waals surface area contributed by atoms with Gasteiger partial charge in [-0.3, -0.25) is 0 Å². The molecule has 0 saturated carbocycles. The van der Waals surface area contributed by atoms with Crippen LogP contribution in [0.4, 0.5) is 0 Å². The van der Waals surface area contributed by atoms with E-state index >= 15 is 0 Å². The normalized spacial score (nSPS) is 39.3. The molecule has 0 spiro atoms. The first-order valence-corrected chi connectivity index (χ1v) is 5.35. The van der Waals surface area contributed by atoms with Crippen molar-refractivity contribution in [1.29, 1.82) is 0 Å². The summed E-state index contributed by atoms with van der Waals surface area (Å²) in [5, 5.41) is 3.48. The molecule has 1 aliphatic carbocycles. The van der Waals surface area contributed by atoms with E-state index in [1.54, 1.807) is 0 Å². The van der Waals surface area contributed by atoms with Gasteiger partial charge in [-0.25, -0.2) is 0 Å². The predicted octanol–water partition coefficient (Wildman–Crippen LogP) is 2.51. The van der Waals surface area contributed by atoms with E-state index < -0.39 is 0 Å². The molecule has 1 fully saturated rings. The number of rotatable bonds is 1. The summed E-state index contributed by atoms with van der Waals surface area (Å²) in [5.74, 6) is 0.775. The molecule has 0 aromatic rings. The molecule has 2 aliphatic rings. The monoisotopic (exact) mass is 177 g/mol. The summed E-state index contributed by atoms with van der Waals surface area (Å²) in [6.07, 6.45) is 13.0. The number of hydrogen-bond acceptors (Lipinski definition) is 1. The van der Waals surface area contributed by atoms with Crippen molar-refractivity contribution in [3.63, 3.8) is 0 Å². The molecular formula is C12H19N. The minimum atomic E-state index is 0.516. The van der Waals surface area contributed by atoms with Gasteiger partial charge in [-0.05, 0) is 37.1 Å². The van der Waals surface area contributed by atoms with Crippen molar-refractivity contribution >= 4 is 0 Å². The van der Waals surface area contributed by atoms with E-state index in [2.05, 4.69) is 36.5 Å². The van der Waals surface area contributed by atoms with E-state index in [1.165, 1.54) is 32.4 Å². The summed E-state index contributed by atoms with van der Waals surface area (Å²) < 4.78 is 0. The third-order valence-electron chi connectivity index (χ3n) is 3.53. The van der Waals surface area contributed by atoms with Gasteiger partial charge in [0.1, 0.15) is 0 Å². The third-order valence-corrected chi connectivity index (χ3v) is 3.53. The highest BCUT2D eigenvalue weighted by atomic mass is 14.9. The SMILES string of the molecule is CC1(C2C=CC=CCC2)CCNC1. The zero-order chi connectivity index (χ0) is 9.15. The first-order valence-electron chi connectivity index (χ1n) is 5.35. The predicted molar refractivity (Wildman–Crippen MR) is 56.6 cm³/mol. The topological polar surface area (TPSA) is 12.0 Å². The lowest BCUT2D eigenvalue weighted by Gasteiger charge is -2.30. The van der Waals surface area contributed by atoms with Gasteiger partial charge in [0, 0.05) is 6.54 Å². The lowest BCUT2D eigenvalue weighted by Crippen LogP contribution is -2.28. The Morgan fingerprint density at radius 1 is 1.38 bits per heavy atom. The molecule has 0 radical (unpaired) electrons. The Hall–Kier alpha value is -0.560. The van der Waals surface area contributed by atoms with Crippen LogP contribution in [0.3, 0.4) is 0 Å². The van der Waals surface area contributed by atoms with E-state index in [0.717, 1.165) is 5.92 Å². The average molecular weight is 177 g/mol. The molecule has 0 bridgehead atoms. The molecule has 72 valence electrons. The summed E-state index contributed by atoms with van der Waals surface area (Å²) in [6.45, 7) is 4.82. The highest BCUT2D eigenvalue weighted by molar-refractivity contribution is 5.11. The minimum Gasteiger partial charge on any atom is -0.316 e. The van der Waals surface area contributed by atoms with Crippen LogP contribution in [-0.2, 0) is 0 Å². The van der Waals surface area contributed by atoms with Crippen molar-refractivity contribution in [1.82, 2.24) is 5.32 Å². The van der Waals surface area contributed by atoms with E-state index in [1.807, 2.05) is 0 Å². The fourth-order valence-corrected chi connectivity index (χ4v) is 2.48. The molecule has 1 N–H and O–H groups in total. The highest BCUT2D eigenvalue weighted by Crippen LogP contribution is 2.38. The summed E-state index contributed by atoms with van der Waals surface area (Å²) in [7, 11) is 0. The van der Waals surface area contributed by atoms with Crippen molar-refractivity contribution < 1.29 is 0 Å². The second-order valence-corrected chi connectivity index (χ2v) is 4.58. The molecule has 1 heteroatoms. The van der Waals surface area contributed by atoms with Crippen LogP contribution in [-0.4, -0.2) is 13.1 Å². The lowest BCUT2D eigenvalue weighted by molar-refractivity contribution is 0.248. The zero-order valence-corrected chi connectivity index (χ0v) is 8.42. The highest BCUT2D eigenvalue weighted by Gasteiger charge is 2.34. The van der Waals surface area contributed by atoms with E-state index in [9.17, 15) is 0 Å². The van der Waals surface area contributed by atoms with Crippen LogP contribution in [0.1, 0.15) is 26.2 Å². The Kier molecular flexibility index (Phi) is 2.54. The Morgan fingerprint density at radius 2 is 2.31 bits per heavy atom. The summed E-state index contributed by atoms with van der Waals surface area (Å²) in [6, 6.07) is 0. The number of nitrogens with one attached hydrogen (secondary N) is 1. The lowest BCUT2D eigenvalue weighted by atomic mass is 9.74. The first kappa shape index (κ1) is 9.01. The Balaban J connectivity index is 2.06. The third kappa shape index (κ3) is 1.86. The van der Waals surface area contributed by atoms with Crippen molar-refractivity contribution in [3.8, 4) is 0 Å². The molecule has 0 aromatic heterocycles. The molecule has 1 heterocycles. The van der Waals surface area contributed by atoms with Crippen LogP contribution in [0.5, 0.6) is 0 Å². The maximum atomic E-state index is 3.48. The van der Waals surface area contributed by atoms with Gasteiger partial charge in [0.25, 0.3) is 0 Å². The van der Waals surface area contributed by atoms with Gasteiger partial charge >= 0.3 is 0 Å². The average Bonchev–Trinajstić information content (AvgIpc) is 2.44. The molecule has 0 aromatic carbocycles. The van der Waals surface area contributed by atoms with Crippen molar-refractivity contribution in [3.05, 3.63) is 24.3 Å². The maximum absolute atomic E-state index is 3.48. The molecule has 2 rings (SSSR count). The van der Waals surface area contributed by atoms with Crippen molar-refractivity contribution in [2.24, 2.45) is 11.3 Å². The van der Waals surface area contributed by atoms with Gasteiger partial charge in [-0.1, -0.05) is 31.2 Å². The standard InChI is InChI=1S/C12H19N/c1-12(8-9-13-10-12)11-6-4-2-3-5-7-11/h2-4,6,11,13H,5,7-10H2,1H3. The molecule has 2 unspecified atom stereocenters. The molecule has 1 aliphatic heterocycles. The molecule has 1 nitrogen and oxygen atoms in total. The summed E-state index contributed by atoms with van der Waals surface area (Å²) in [4.78, 5) is 0. The number of hydrogen-bond donors (Lipinski definition) is 1. The van der Waals surface area contributed by atoms with Crippen LogP contribution >= 0.6 is 0 Å². The number of allylic oxidation sites excluding steroid dienone is 4. The second kappa shape index (κ2) is 3.67. The first-order chi connectivity index (χ1) is 6.31. The Bertz CT molecular complexity index is 221. The van der Waals surface area contributed by atoms with Gasteiger partial charge in [0.05, 0.1) is 0 Å². The summed E-state index contributed by atoms with van der Waals surface area (Å²) in [5.41, 5.74) is 0.516. The van der Waals surface area contributed by atoms with Gasteiger partial charge < -0.3 is 5.32 Å². The van der Waals surface area contributed by atoms with Gasteiger partial charge in [0.15, 0.2) is 0 Å². The minimum absolute atomic E-state index is 0.516. The Labute approximate surface area is 80.9 Å². The fraction of sp³-hybridized carbons (Fsp3) is 0.667. The van der Waals surface area contributed by atoms with Crippen LogP contribution < -0.4 is 5.32 Å². The molecule has 2 atom stereocenters. The van der Waals surface area contributed by atoms with Crippen molar-refractivity contribution in [2.45, 2.75) is 26.2 Å². The van der Waals surface area contributed by atoms with Gasteiger partial charge in [-0.2, -0.15) is 0 Å².